The van der Waals surface area contributed by atoms with Gasteiger partial charge in [-0.3, -0.25) is 9.59 Å². The van der Waals surface area contributed by atoms with Crippen LogP contribution in [0.1, 0.15) is 23.2 Å². The molecular weight excluding hydrogens is 246 g/mol. The van der Waals surface area contributed by atoms with Gasteiger partial charge in [0.1, 0.15) is 0 Å². The van der Waals surface area contributed by atoms with Crippen molar-refractivity contribution in [2.75, 3.05) is 4.90 Å². The molecule has 1 aromatic carbocycles. The normalized spacial score (nSPS) is 15.5. The summed E-state index contributed by atoms with van der Waals surface area (Å²) in [5.41, 5.74) is -0.0736. The van der Waals surface area contributed by atoms with E-state index in [4.69, 9.17) is 16.7 Å². The predicted molar refractivity (Wildman–Crippen MR) is 60.1 cm³/mol. The molecule has 0 atom stereocenters. The monoisotopic (exact) mass is 253 g/mol. The molecule has 1 aliphatic heterocycles. The molecule has 0 spiro atoms. The van der Waals surface area contributed by atoms with Gasteiger partial charge in [0, 0.05) is 17.9 Å². The molecule has 1 aliphatic rings. The molecule has 2 amide bonds. The highest BCUT2D eigenvalue weighted by molar-refractivity contribution is 6.31. The van der Waals surface area contributed by atoms with E-state index in [0.29, 0.717) is 0 Å². The maximum Gasteiger partial charge on any atom is 0.337 e. The number of halogens is 1. The van der Waals surface area contributed by atoms with Crippen LogP contribution in [-0.4, -0.2) is 22.9 Å². The van der Waals surface area contributed by atoms with E-state index < -0.39 is 5.97 Å². The molecular formula is C11H8ClNO4. The second-order valence-electron chi connectivity index (χ2n) is 3.59. The Morgan fingerprint density at radius 3 is 2.35 bits per heavy atom. The Morgan fingerprint density at radius 2 is 1.82 bits per heavy atom. The van der Waals surface area contributed by atoms with Gasteiger partial charge in [-0.25, -0.2) is 9.69 Å². The second kappa shape index (κ2) is 4.18. The smallest absolute Gasteiger partial charge is 0.337 e. The average Bonchev–Trinajstić information content (AvgIpc) is 2.59. The number of carbonyl (C=O) groups excluding carboxylic acids is 2. The van der Waals surface area contributed by atoms with E-state index in [-0.39, 0.29) is 40.9 Å². The number of hydrogen-bond donors (Lipinski definition) is 1. The zero-order valence-electron chi connectivity index (χ0n) is 8.64. The van der Waals surface area contributed by atoms with Crippen molar-refractivity contribution < 1.29 is 19.5 Å². The quantitative estimate of drug-likeness (QED) is 0.814. The minimum Gasteiger partial charge on any atom is -0.478 e. The van der Waals surface area contributed by atoms with Crippen molar-refractivity contribution >= 4 is 35.1 Å². The first-order valence-corrected chi connectivity index (χ1v) is 5.27. The van der Waals surface area contributed by atoms with Crippen molar-refractivity contribution in [2.24, 2.45) is 0 Å². The summed E-state index contributed by atoms with van der Waals surface area (Å²) in [6.45, 7) is 0. The van der Waals surface area contributed by atoms with Gasteiger partial charge in [0.05, 0.1) is 11.3 Å². The van der Waals surface area contributed by atoms with Gasteiger partial charge in [-0.1, -0.05) is 11.6 Å². The molecule has 0 saturated carbocycles. The third-order valence-electron chi connectivity index (χ3n) is 2.48. The molecule has 0 radical (unpaired) electrons. The lowest BCUT2D eigenvalue weighted by Crippen LogP contribution is -2.30. The number of hydrogen-bond acceptors (Lipinski definition) is 3. The minimum absolute atomic E-state index is 0.0781. The van der Waals surface area contributed by atoms with Crippen LogP contribution >= 0.6 is 11.6 Å². The molecule has 5 nitrogen and oxygen atoms in total. The number of carboxylic acid groups (broad SMARTS) is 1. The third kappa shape index (κ3) is 2.01. The van der Waals surface area contributed by atoms with Crippen LogP contribution in [0.2, 0.25) is 5.02 Å². The van der Waals surface area contributed by atoms with E-state index in [2.05, 4.69) is 0 Å². The van der Waals surface area contributed by atoms with Crippen molar-refractivity contribution in [3.8, 4) is 0 Å². The van der Waals surface area contributed by atoms with Gasteiger partial charge < -0.3 is 5.11 Å². The number of aromatic carboxylic acids is 1. The summed E-state index contributed by atoms with van der Waals surface area (Å²) in [5, 5.41) is 9.26. The summed E-state index contributed by atoms with van der Waals surface area (Å²) in [4.78, 5) is 35.0. The summed E-state index contributed by atoms with van der Waals surface area (Å²) in [5.74, 6) is -2.00. The van der Waals surface area contributed by atoms with E-state index in [9.17, 15) is 14.4 Å². The van der Waals surface area contributed by atoms with Gasteiger partial charge in [0.25, 0.3) is 0 Å². The fraction of sp³-hybridized carbons (Fsp3) is 0.182. The summed E-state index contributed by atoms with van der Waals surface area (Å²) >= 11 is 5.69. The summed E-state index contributed by atoms with van der Waals surface area (Å²) in [6, 6.07) is 4.03. The molecule has 0 bridgehead atoms. The van der Waals surface area contributed by atoms with Gasteiger partial charge >= 0.3 is 5.97 Å². The van der Waals surface area contributed by atoms with Gasteiger partial charge in [0.2, 0.25) is 11.8 Å². The van der Waals surface area contributed by atoms with Gasteiger partial charge in [0.15, 0.2) is 0 Å². The fourth-order valence-corrected chi connectivity index (χ4v) is 1.89. The van der Waals surface area contributed by atoms with E-state index in [0.717, 1.165) is 4.90 Å². The summed E-state index contributed by atoms with van der Waals surface area (Å²) < 4.78 is 0. The lowest BCUT2D eigenvalue weighted by Gasteiger charge is -2.16. The number of carboxylic acids is 1. The van der Waals surface area contributed by atoms with Gasteiger partial charge in [-0.2, -0.15) is 0 Å². The first-order chi connectivity index (χ1) is 8.00. The number of anilines is 1. The molecule has 88 valence electrons. The number of carbonyl (C=O) groups is 3. The Balaban J connectivity index is 2.55. The van der Waals surface area contributed by atoms with Gasteiger partial charge in [-0.05, 0) is 18.2 Å². The van der Waals surface area contributed by atoms with Crippen LogP contribution in [-0.2, 0) is 9.59 Å². The van der Waals surface area contributed by atoms with Crippen LogP contribution in [0.25, 0.3) is 0 Å². The molecule has 1 heterocycles. The van der Waals surface area contributed by atoms with Crippen LogP contribution in [0.5, 0.6) is 0 Å². The van der Waals surface area contributed by atoms with E-state index >= 15 is 0 Å². The van der Waals surface area contributed by atoms with E-state index in [1.54, 1.807) is 0 Å². The van der Waals surface area contributed by atoms with Crippen LogP contribution in [0.15, 0.2) is 18.2 Å². The molecule has 1 saturated heterocycles. The lowest BCUT2D eigenvalue weighted by atomic mass is 10.1. The Bertz CT molecular complexity index is 510. The highest BCUT2D eigenvalue weighted by Crippen LogP contribution is 2.28. The number of nitrogens with zero attached hydrogens (tertiary/aromatic N) is 1. The Labute approximate surface area is 102 Å². The molecule has 6 heteroatoms. The number of rotatable bonds is 2. The first kappa shape index (κ1) is 11.6. The summed E-state index contributed by atoms with van der Waals surface area (Å²) in [7, 11) is 0. The third-order valence-corrected chi connectivity index (χ3v) is 2.72. The van der Waals surface area contributed by atoms with Gasteiger partial charge in [-0.15, -0.1) is 0 Å². The zero-order chi connectivity index (χ0) is 12.6. The van der Waals surface area contributed by atoms with Crippen molar-refractivity contribution in [3.63, 3.8) is 0 Å². The van der Waals surface area contributed by atoms with E-state index in [1.807, 2.05) is 0 Å². The molecule has 1 aromatic rings. The van der Waals surface area contributed by atoms with Crippen molar-refractivity contribution in [1.82, 2.24) is 0 Å². The topological polar surface area (TPSA) is 74.7 Å². The van der Waals surface area contributed by atoms with Crippen molar-refractivity contribution in [1.29, 1.82) is 0 Å². The number of benzene rings is 1. The highest BCUT2D eigenvalue weighted by atomic mass is 35.5. The van der Waals surface area contributed by atoms with Crippen LogP contribution < -0.4 is 4.90 Å². The molecule has 0 aliphatic carbocycles. The maximum absolute atomic E-state index is 11.5. The van der Waals surface area contributed by atoms with Crippen LogP contribution in [0.3, 0.4) is 0 Å². The predicted octanol–water partition coefficient (Wildman–Crippen LogP) is 1.69. The average molecular weight is 254 g/mol. The molecule has 0 aromatic heterocycles. The number of imide groups is 1. The maximum atomic E-state index is 11.5. The Hall–Kier alpha value is -1.88. The SMILES string of the molecule is O=C(O)c1cc(Cl)ccc1N1C(=O)CCC1=O. The molecule has 0 unspecified atom stereocenters. The summed E-state index contributed by atoms with van der Waals surface area (Å²) in [6.07, 6.45) is 0.223. The van der Waals surface area contributed by atoms with E-state index in [1.165, 1.54) is 18.2 Å². The largest absolute Gasteiger partial charge is 0.478 e. The fourth-order valence-electron chi connectivity index (χ4n) is 1.72. The molecule has 17 heavy (non-hydrogen) atoms. The second-order valence-corrected chi connectivity index (χ2v) is 4.03. The zero-order valence-corrected chi connectivity index (χ0v) is 9.40. The first-order valence-electron chi connectivity index (χ1n) is 4.89. The van der Waals surface area contributed by atoms with Crippen molar-refractivity contribution in [2.45, 2.75) is 12.8 Å². The van der Waals surface area contributed by atoms with Crippen LogP contribution in [0, 0.1) is 0 Å². The lowest BCUT2D eigenvalue weighted by molar-refractivity contribution is -0.121. The Kier molecular flexibility index (Phi) is 2.85. The molecule has 1 fully saturated rings. The Morgan fingerprint density at radius 1 is 1.24 bits per heavy atom. The highest BCUT2D eigenvalue weighted by Gasteiger charge is 2.32. The van der Waals surface area contributed by atoms with Crippen molar-refractivity contribution in [3.05, 3.63) is 28.8 Å². The molecule has 1 N–H and O–H groups in total. The van der Waals surface area contributed by atoms with Crippen LogP contribution in [0.4, 0.5) is 5.69 Å². The molecule has 2 rings (SSSR count). The number of amides is 2. The minimum atomic E-state index is -1.23. The standard InChI is InChI=1S/C11H8ClNO4/c12-6-1-2-8(7(5-6)11(16)17)13-9(14)3-4-10(13)15/h1-2,5H,3-4H2,(H,16,17).